The summed E-state index contributed by atoms with van der Waals surface area (Å²) in [6.45, 7) is 0. The molecule has 0 aliphatic rings. The summed E-state index contributed by atoms with van der Waals surface area (Å²) in [6.07, 6.45) is 0. The monoisotopic (exact) mass is 253 g/mol. The van der Waals surface area contributed by atoms with Gasteiger partial charge in [0.25, 0.3) is 5.76 Å². The van der Waals surface area contributed by atoms with Gasteiger partial charge in [-0.25, -0.2) is 13.1 Å². The van der Waals surface area contributed by atoms with Crippen molar-refractivity contribution >= 4 is 21.8 Å². The molecule has 1 rings (SSSR count). The second-order valence-corrected chi connectivity index (χ2v) is 5.51. The van der Waals surface area contributed by atoms with Crippen molar-refractivity contribution in [2.24, 2.45) is 0 Å². The minimum absolute atomic E-state index is 0.0179. The number of sulfonamides is 1. The number of hydrogen-bond donors (Lipinski definition) is 1. The molecule has 0 unspecified atom stereocenters. The highest BCUT2D eigenvalue weighted by atomic mass is 32.2. The molecule has 0 saturated carbocycles. The van der Waals surface area contributed by atoms with Crippen LogP contribution < -0.4 is 4.72 Å². The predicted molar refractivity (Wildman–Crippen MR) is 54.5 cm³/mol. The summed E-state index contributed by atoms with van der Waals surface area (Å²) in [7, 11) is -2.30. The molecule has 0 radical (unpaired) electrons. The quantitative estimate of drug-likeness (QED) is 0.834. The normalized spacial score (nSPS) is 12.0. The Balaban J connectivity index is 3.03. The fourth-order valence-corrected chi connectivity index (χ4v) is 2.34. The highest BCUT2D eigenvalue weighted by molar-refractivity contribution is 7.99. The smallest absolute Gasteiger partial charge is 0.214 e. The van der Waals surface area contributed by atoms with Gasteiger partial charge in [0, 0.05) is 4.90 Å². The van der Waals surface area contributed by atoms with E-state index >= 15 is 0 Å². The number of nitrogens with one attached hydrogen (secondary N) is 1. The Morgan fingerprint density at radius 2 is 2.07 bits per heavy atom. The van der Waals surface area contributed by atoms with Crippen LogP contribution in [0.15, 0.2) is 34.1 Å². The van der Waals surface area contributed by atoms with Crippen LogP contribution in [0, 0.1) is 0 Å². The largest absolute Gasteiger partial charge is 0.288 e. The second kappa shape index (κ2) is 4.91. The van der Waals surface area contributed by atoms with E-state index in [4.69, 9.17) is 0 Å². The van der Waals surface area contributed by atoms with Crippen molar-refractivity contribution < 1.29 is 17.2 Å². The van der Waals surface area contributed by atoms with Crippen LogP contribution in [0.3, 0.4) is 0 Å². The number of thioether (sulfide) groups is 1. The number of hydrogen-bond acceptors (Lipinski definition) is 3. The minimum Gasteiger partial charge on any atom is -0.214 e. The summed E-state index contributed by atoms with van der Waals surface area (Å²) >= 11 is 0.314. The van der Waals surface area contributed by atoms with E-state index in [2.05, 4.69) is 4.72 Å². The van der Waals surface area contributed by atoms with Gasteiger partial charge in [-0.1, -0.05) is 17.8 Å². The summed E-state index contributed by atoms with van der Waals surface area (Å²) in [5, 5.41) is 0. The Kier molecular flexibility index (Phi) is 4.06. The molecule has 0 amide bonds. The molecule has 1 aromatic rings. The molecule has 0 aliphatic carbocycles. The maximum Gasteiger partial charge on any atom is 0.288 e. The van der Waals surface area contributed by atoms with Crippen LogP contribution in [-0.2, 0) is 10.0 Å². The maximum absolute atomic E-state index is 12.0. The van der Waals surface area contributed by atoms with E-state index < -0.39 is 15.8 Å². The van der Waals surface area contributed by atoms with Gasteiger partial charge in [-0.05, 0) is 25.2 Å². The van der Waals surface area contributed by atoms with Crippen molar-refractivity contribution in [1.29, 1.82) is 0 Å². The van der Waals surface area contributed by atoms with Crippen molar-refractivity contribution in [1.82, 2.24) is 4.72 Å². The van der Waals surface area contributed by atoms with E-state index in [0.29, 0.717) is 11.8 Å². The van der Waals surface area contributed by atoms with E-state index in [1.165, 1.54) is 31.3 Å². The molecule has 0 aliphatic heterocycles. The zero-order chi connectivity index (χ0) is 11.5. The van der Waals surface area contributed by atoms with Gasteiger partial charge in [-0.3, -0.25) is 0 Å². The Labute approximate surface area is 90.9 Å². The molecule has 0 spiro atoms. The van der Waals surface area contributed by atoms with E-state index in [9.17, 15) is 17.2 Å². The minimum atomic E-state index is -3.56. The molecule has 0 bridgehead atoms. The van der Waals surface area contributed by atoms with Crippen molar-refractivity contribution in [3.63, 3.8) is 0 Å². The first-order chi connectivity index (χ1) is 6.95. The molecule has 0 saturated heterocycles. The first kappa shape index (κ1) is 12.4. The first-order valence-corrected chi connectivity index (χ1v) is 6.30. The molecule has 0 atom stereocenters. The Morgan fingerprint density at radius 3 is 2.60 bits per heavy atom. The second-order valence-electron chi connectivity index (χ2n) is 2.56. The van der Waals surface area contributed by atoms with E-state index in [1.807, 2.05) is 0 Å². The third-order valence-electron chi connectivity index (χ3n) is 1.61. The summed E-state index contributed by atoms with van der Waals surface area (Å²) in [6, 6.07) is 5.42. The van der Waals surface area contributed by atoms with Crippen molar-refractivity contribution in [2.45, 2.75) is 15.5 Å². The van der Waals surface area contributed by atoms with Gasteiger partial charge >= 0.3 is 0 Å². The number of rotatable bonds is 4. The molecule has 0 heterocycles. The highest BCUT2D eigenvalue weighted by Crippen LogP contribution is 2.26. The molecule has 7 heteroatoms. The van der Waals surface area contributed by atoms with Crippen LogP contribution in [0.1, 0.15) is 0 Å². The Hall–Kier alpha value is -0.660. The van der Waals surface area contributed by atoms with Gasteiger partial charge in [0.15, 0.2) is 0 Å². The summed E-state index contributed by atoms with van der Waals surface area (Å²) in [5.41, 5.74) is 0. The van der Waals surface area contributed by atoms with Gasteiger partial charge in [-0.15, -0.1) is 0 Å². The Morgan fingerprint density at radius 1 is 1.40 bits per heavy atom. The van der Waals surface area contributed by atoms with E-state index in [0.717, 1.165) is 0 Å². The molecule has 0 fully saturated rings. The average molecular weight is 253 g/mol. The van der Waals surface area contributed by atoms with Gasteiger partial charge in [-0.2, -0.15) is 8.78 Å². The lowest BCUT2D eigenvalue weighted by atomic mass is 10.4. The average Bonchev–Trinajstić information content (AvgIpc) is 2.17. The third kappa shape index (κ3) is 3.44. The van der Waals surface area contributed by atoms with E-state index in [-0.39, 0.29) is 9.79 Å². The van der Waals surface area contributed by atoms with Gasteiger partial charge < -0.3 is 0 Å². The molecular formula is C8H9F2NO2S2. The van der Waals surface area contributed by atoms with Gasteiger partial charge in [0.1, 0.15) is 0 Å². The van der Waals surface area contributed by atoms with Crippen LogP contribution >= 0.6 is 11.8 Å². The first-order valence-electron chi connectivity index (χ1n) is 3.94. The fourth-order valence-electron chi connectivity index (χ4n) is 0.935. The molecular weight excluding hydrogens is 244 g/mol. The molecule has 1 aromatic carbocycles. The number of benzene rings is 1. The van der Waals surface area contributed by atoms with Crippen LogP contribution in [0.5, 0.6) is 0 Å². The summed E-state index contributed by atoms with van der Waals surface area (Å²) in [5.74, 6) is -2.56. The lowest BCUT2D eigenvalue weighted by Crippen LogP contribution is -2.18. The highest BCUT2D eigenvalue weighted by Gasteiger charge is 2.13. The van der Waals surface area contributed by atoms with Crippen molar-refractivity contribution in [2.75, 3.05) is 7.05 Å². The van der Waals surface area contributed by atoms with Crippen LogP contribution in [0.2, 0.25) is 0 Å². The zero-order valence-electron chi connectivity index (χ0n) is 7.78. The maximum atomic E-state index is 12.0. The molecule has 1 N–H and O–H groups in total. The van der Waals surface area contributed by atoms with Crippen LogP contribution in [0.25, 0.3) is 0 Å². The van der Waals surface area contributed by atoms with Crippen molar-refractivity contribution in [3.05, 3.63) is 24.3 Å². The predicted octanol–water partition coefficient (Wildman–Crippen LogP) is 1.91. The lowest BCUT2D eigenvalue weighted by molar-refractivity contribution is 0.252. The number of alkyl halides is 2. The lowest BCUT2D eigenvalue weighted by Gasteiger charge is -2.04. The molecule has 15 heavy (non-hydrogen) atoms. The van der Waals surface area contributed by atoms with Gasteiger partial charge in [0.05, 0.1) is 4.90 Å². The zero-order valence-corrected chi connectivity index (χ0v) is 9.41. The summed E-state index contributed by atoms with van der Waals surface area (Å²) in [4.78, 5) is 0.206. The third-order valence-corrected chi connectivity index (χ3v) is 3.73. The van der Waals surface area contributed by atoms with Crippen molar-refractivity contribution in [3.8, 4) is 0 Å². The topological polar surface area (TPSA) is 46.2 Å². The van der Waals surface area contributed by atoms with Gasteiger partial charge in [0.2, 0.25) is 10.0 Å². The molecule has 3 nitrogen and oxygen atoms in total. The molecule has 84 valence electrons. The Bertz CT molecular complexity index is 434. The standard InChI is InChI=1S/C8H9F2NO2S2/c1-11-15(12,13)7-4-2-3-6(5-7)14-8(9)10/h2-5,8,11H,1H3. The van der Waals surface area contributed by atoms with Crippen LogP contribution in [-0.4, -0.2) is 21.2 Å². The fraction of sp³-hybridized carbons (Fsp3) is 0.250. The van der Waals surface area contributed by atoms with Crippen LogP contribution in [0.4, 0.5) is 8.78 Å². The van der Waals surface area contributed by atoms with E-state index in [1.54, 1.807) is 0 Å². The molecule has 0 aromatic heterocycles. The summed E-state index contributed by atoms with van der Waals surface area (Å²) < 4.78 is 48.8. The SMILES string of the molecule is CNS(=O)(=O)c1cccc(SC(F)F)c1. The number of halogens is 2.